The molecule has 0 bridgehead atoms. The van der Waals surface area contributed by atoms with Crippen molar-refractivity contribution in [1.29, 1.82) is 0 Å². The molecule has 0 aliphatic carbocycles. The number of aromatic nitrogens is 2. The van der Waals surface area contributed by atoms with Crippen LogP contribution in [0.15, 0.2) is 42.6 Å². The highest BCUT2D eigenvalue weighted by atomic mass is 35.5. The van der Waals surface area contributed by atoms with Gasteiger partial charge in [-0.25, -0.2) is 4.98 Å². The fourth-order valence-corrected chi connectivity index (χ4v) is 4.48. The molecule has 4 rings (SSSR count). The molecule has 10 heteroatoms. The Morgan fingerprint density at radius 3 is 2.90 bits per heavy atom. The molecule has 0 atom stereocenters. The summed E-state index contributed by atoms with van der Waals surface area (Å²) in [6.45, 7) is 1.51. The first-order valence-electron chi connectivity index (χ1n) is 9.58. The minimum atomic E-state index is -0.293. The summed E-state index contributed by atoms with van der Waals surface area (Å²) >= 11 is 7.45. The van der Waals surface area contributed by atoms with E-state index in [0.717, 1.165) is 10.6 Å². The molecule has 1 aromatic carbocycles. The van der Waals surface area contributed by atoms with Crippen LogP contribution in [-0.4, -0.2) is 46.9 Å². The average molecular weight is 458 g/mol. The van der Waals surface area contributed by atoms with E-state index in [1.807, 2.05) is 4.90 Å². The molecule has 3 heterocycles. The summed E-state index contributed by atoms with van der Waals surface area (Å²) in [6.07, 6.45) is 2.28. The Morgan fingerprint density at radius 2 is 2.13 bits per heavy atom. The van der Waals surface area contributed by atoms with Gasteiger partial charge in [0.05, 0.1) is 25.0 Å². The smallest absolute Gasteiger partial charge is 0.276 e. The average Bonchev–Trinajstić information content (AvgIpc) is 3.16. The number of nitrogens with zero attached hydrogens (tertiary/aromatic N) is 3. The summed E-state index contributed by atoms with van der Waals surface area (Å²) in [6, 6.07) is 10.2. The van der Waals surface area contributed by atoms with Gasteiger partial charge in [-0.05, 0) is 30.3 Å². The molecule has 8 nitrogen and oxygen atoms in total. The van der Waals surface area contributed by atoms with Gasteiger partial charge in [0, 0.05) is 35.6 Å². The summed E-state index contributed by atoms with van der Waals surface area (Å²) in [5.74, 6) is 0.102. The van der Waals surface area contributed by atoms with Gasteiger partial charge in [0.2, 0.25) is 5.91 Å². The minimum absolute atomic E-state index is 0.155. The van der Waals surface area contributed by atoms with Crippen molar-refractivity contribution in [3.8, 4) is 5.75 Å². The van der Waals surface area contributed by atoms with E-state index < -0.39 is 0 Å². The van der Waals surface area contributed by atoms with Crippen LogP contribution in [0.25, 0.3) is 0 Å². The monoisotopic (exact) mass is 457 g/mol. The lowest BCUT2D eigenvalue weighted by atomic mass is 10.2. The number of hydrogen-bond donors (Lipinski definition) is 2. The van der Waals surface area contributed by atoms with Crippen molar-refractivity contribution < 1.29 is 14.3 Å². The Kier molecular flexibility index (Phi) is 6.45. The van der Waals surface area contributed by atoms with Crippen LogP contribution < -0.4 is 15.4 Å². The van der Waals surface area contributed by atoms with E-state index in [0.29, 0.717) is 46.8 Å². The number of thiazole rings is 1. The molecule has 0 saturated heterocycles. The number of fused-ring (bicyclic) bond motifs is 1. The molecule has 160 valence electrons. The Labute approximate surface area is 188 Å². The zero-order valence-electron chi connectivity index (χ0n) is 16.7. The molecule has 0 unspecified atom stereocenters. The maximum atomic E-state index is 12.6. The van der Waals surface area contributed by atoms with Gasteiger partial charge in [-0.15, -0.1) is 11.3 Å². The van der Waals surface area contributed by atoms with Gasteiger partial charge in [-0.1, -0.05) is 17.7 Å². The highest BCUT2D eigenvalue weighted by molar-refractivity contribution is 7.15. The first-order chi connectivity index (χ1) is 15.0. The SMILES string of the molecule is COc1ccc(Cl)cc1NC(=O)CN1CCc2nc(NC(=O)c3ccccn3)sc2C1. The van der Waals surface area contributed by atoms with E-state index >= 15 is 0 Å². The van der Waals surface area contributed by atoms with Gasteiger partial charge in [-0.3, -0.25) is 24.8 Å². The molecule has 2 N–H and O–H groups in total. The predicted molar refractivity (Wildman–Crippen MR) is 120 cm³/mol. The number of carbonyl (C=O) groups excluding carboxylic acids is 2. The van der Waals surface area contributed by atoms with Crippen LogP contribution in [-0.2, 0) is 17.8 Å². The zero-order valence-corrected chi connectivity index (χ0v) is 18.3. The number of rotatable bonds is 6. The van der Waals surface area contributed by atoms with Gasteiger partial charge in [0.25, 0.3) is 5.91 Å². The molecular formula is C21H20ClN5O3S. The van der Waals surface area contributed by atoms with Crippen molar-refractivity contribution in [3.63, 3.8) is 0 Å². The number of hydrogen-bond acceptors (Lipinski definition) is 7. The maximum Gasteiger partial charge on any atom is 0.276 e. The van der Waals surface area contributed by atoms with Crippen molar-refractivity contribution in [2.24, 2.45) is 0 Å². The lowest BCUT2D eigenvalue weighted by Gasteiger charge is -2.25. The molecule has 1 aliphatic heterocycles. The standard InChI is InChI=1S/C21H20ClN5O3S/c1-30-17-6-5-13(22)10-16(17)24-19(28)12-27-9-7-14-18(11-27)31-21(25-14)26-20(29)15-4-2-3-8-23-15/h2-6,8,10H,7,9,11-12H2,1H3,(H,24,28)(H,25,26,29). The highest BCUT2D eigenvalue weighted by Crippen LogP contribution is 2.30. The molecule has 0 radical (unpaired) electrons. The summed E-state index contributed by atoms with van der Waals surface area (Å²) in [4.78, 5) is 36.5. The summed E-state index contributed by atoms with van der Waals surface area (Å²) in [5.41, 5.74) is 1.83. The number of benzene rings is 1. The third-order valence-corrected chi connectivity index (χ3v) is 5.96. The molecule has 1 aliphatic rings. The Balaban J connectivity index is 1.36. The van der Waals surface area contributed by atoms with E-state index in [9.17, 15) is 9.59 Å². The molecule has 0 saturated carbocycles. The van der Waals surface area contributed by atoms with E-state index in [-0.39, 0.29) is 18.4 Å². The molecule has 2 amide bonds. The summed E-state index contributed by atoms with van der Waals surface area (Å²) in [5, 5.41) is 6.72. The lowest BCUT2D eigenvalue weighted by molar-refractivity contribution is -0.117. The molecule has 2 aromatic heterocycles. The van der Waals surface area contributed by atoms with Gasteiger partial charge in [-0.2, -0.15) is 0 Å². The van der Waals surface area contributed by atoms with Crippen molar-refractivity contribution in [1.82, 2.24) is 14.9 Å². The van der Waals surface area contributed by atoms with Gasteiger partial charge in [0.15, 0.2) is 5.13 Å². The zero-order chi connectivity index (χ0) is 21.8. The van der Waals surface area contributed by atoms with E-state index in [1.54, 1.807) is 49.7 Å². The van der Waals surface area contributed by atoms with Gasteiger partial charge >= 0.3 is 0 Å². The van der Waals surface area contributed by atoms with Crippen LogP contribution >= 0.6 is 22.9 Å². The largest absolute Gasteiger partial charge is 0.495 e. The number of amides is 2. The van der Waals surface area contributed by atoms with Crippen molar-refractivity contribution in [3.05, 3.63) is 63.9 Å². The molecule has 0 spiro atoms. The van der Waals surface area contributed by atoms with E-state index in [1.165, 1.54) is 11.3 Å². The van der Waals surface area contributed by atoms with Crippen LogP contribution in [0, 0.1) is 0 Å². The predicted octanol–water partition coefficient (Wildman–Crippen LogP) is 3.45. The Morgan fingerprint density at radius 1 is 1.26 bits per heavy atom. The Hall–Kier alpha value is -3.01. The third kappa shape index (κ3) is 5.19. The third-order valence-electron chi connectivity index (χ3n) is 4.73. The van der Waals surface area contributed by atoms with Crippen molar-refractivity contribution in [2.75, 3.05) is 30.8 Å². The topological polar surface area (TPSA) is 96.5 Å². The van der Waals surface area contributed by atoms with Crippen molar-refractivity contribution >= 4 is 45.6 Å². The number of anilines is 2. The Bertz CT molecular complexity index is 1110. The summed E-state index contributed by atoms with van der Waals surface area (Å²) < 4.78 is 5.27. The molecular weight excluding hydrogens is 438 g/mol. The van der Waals surface area contributed by atoms with Crippen LogP contribution in [0.5, 0.6) is 5.75 Å². The number of pyridine rings is 1. The van der Waals surface area contributed by atoms with Crippen LogP contribution in [0.4, 0.5) is 10.8 Å². The normalized spacial score (nSPS) is 13.4. The second-order valence-electron chi connectivity index (χ2n) is 6.91. The fourth-order valence-electron chi connectivity index (χ4n) is 3.27. The number of carbonyl (C=O) groups is 2. The first-order valence-corrected chi connectivity index (χ1v) is 10.8. The number of ether oxygens (including phenoxy) is 1. The quantitative estimate of drug-likeness (QED) is 0.588. The molecule has 3 aromatic rings. The second kappa shape index (κ2) is 9.42. The van der Waals surface area contributed by atoms with E-state index in [4.69, 9.17) is 16.3 Å². The maximum absolute atomic E-state index is 12.6. The molecule has 31 heavy (non-hydrogen) atoms. The van der Waals surface area contributed by atoms with Crippen LogP contribution in [0.2, 0.25) is 5.02 Å². The minimum Gasteiger partial charge on any atom is -0.495 e. The number of nitrogens with one attached hydrogen (secondary N) is 2. The summed E-state index contributed by atoms with van der Waals surface area (Å²) in [7, 11) is 1.54. The van der Waals surface area contributed by atoms with E-state index in [2.05, 4.69) is 20.6 Å². The van der Waals surface area contributed by atoms with Crippen molar-refractivity contribution in [2.45, 2.75) is 13.0 Å². The lowest BCUT2D eigenvalue weighted by Crippen LogP contribution is -2.36. The first kappa shape index (κ1) is 21.2. The molecule has 0 fully saturated rings. The van der Waals surface area contributed by atoms with Crippen LogP contribution in [0.3, 0.4) is 0 Å². The van der Waals surface area contributed by atoms with Gasteiger partial charge in [0.1, 0.15) is 11.4 Å². The van der Waals surface area contributed by atoms with Gasteiger partial charge < -0.3 is 10.1 Å². The fraction of sp³-hybridized carbons (Fsp3) is 0.238. The highest BCUT2D eigenvalue weighted by Gasteiger charge is 2.23. The number of methoxy groups -OCH3 is 1. The second-order valence-corrected chi connectivity index (χ2v) is 8.43. The van der Waals surface area contributed by atoms with Crippen LogP contribution in [0.1, 0.15) is 21.1 Å². The number of halogens is 1.